The van der Waals surface area contributed by atoms with Crippen LogP contribution >= 0.6 is 11.8 Å². The number of alkyl halides is 4. The molecule has 7 nitrogen and oxygen atoms in total. The zero-order valence-electron chi connectivity index (χ0n) is 15.7. The molecule has 0 aliphatic rings. The highest BCUT2D eigenvalue weighted by molar-refractivity contribution is 7.99. The van der Waals surface area contributed by atoms with E-state index >= 15 is 0 Å². The summed E-state index contributed by atoms with van der Waals surface area (Å²) in [4.78, 5) is 11.8. The van der Waals surface area contributed by atoms with Crippen molar-refractivity contribution in [2.24, 2.45) is 5.92 Å². The molecular formula is C16H22F4N6OS. The van der Waals surface area contributed by atoms with Crippen molar-refractivity contribution in [2.45, 2.75) is 51.9 Å². The first-order valence-corrected chi connectivity index (χ1v) is 9.66. The second-order valence-corrected chi connectivity index (χ2v) is 7.33. The Labute approximate surface area is 163 Å². The zero-order valence-corrected chi connectivity index (χ0v) is 16.5. The number of rotatable bonds is 10. The molecule has 0 saturated carbocycles. The molecule has 0 atom stereocenters. The number of aromatic nitrogens is 5. The predicted molar refractivity (Wildman–Crippen MR) is 95.5 cm³/mol. The minimum absolute atomic E-state index is 0.129. The molecule has 0 bridgehead atoms. The highest BCUT2D eigenvalue weighted by atomic mass is 32.2. The van der Waals surface area contributed by atoms with Gasteiger partial charge < -0.3 is 9.88 Å². The third-order valence-electron chi connectivity index (χ3n) is 3.72. The van der Waals surface area contributed by atoms with Crippen molar-refractivity contribution in [1.82, 2.24) is 29.9 Å². The lowest BCUT2D eigenvalue weighted by molar-refractivity contribution is -0.118. The smallest absolute Gasteiger partial charge is 0.282 e. The first kappa shape index (κ1) is 22.2. The lowest BCUT2D eigenvalue weighted by Gasteiger charge is -2.10. The molecule has 0 spiro atoms. The number of hydrogen-bond donors (Lipinski definition) is 1. The van der Waals surface area contributed by atoms with Gasteiger partial charge in [-0.05, 0) is 18.9 Å². The van der Waals surface area contributed by atoms with Crippen LogP contribution in [0.3, 0.4) is 0 Å². The van der Waals surface area contributed by atoms with Crippen molar-refractivity contribution in [3.8, 4) is 0 Å². The molecule has 1 N–H and O–H groups in total. The van der Waals surface area contributed by atoms with Crippen molar-refractivity contribution < 1.29 is 22.4 Å². The van der Waals surface area contributed by atoms with Gasteiger partial charge in [0, 0.05) is 13.1 Å². The van der Waals surface area contributed by atoms with Crippen LogP contribution in [-0.2, 0) is 17.9 Å². The Kier molecular flexibility index (Phi) is 7.84. The van der Waals surface area contributed by atoms with E-state index in [-0.39, 0.29) is 18.2 Å². The highest BCUT2D eigenvalue weighted by Crippen LogP contribution is 2.26. The SMILES string of the molecule is CCn1c(Cn2nc(C(F)F)cc2C(F)F)nnc1SCC(=O)NCC(C)C. The number of carbonyl (C=O) groups is 1. The molecule has 12 heteroatoms. The molecule has 0 radical (unpaired) electrons. The van der Waals surface area contributed by atoms with E-state index in [1.807, 2.05) is 13.8 Å². The minimum atomic E-state index is -2.95. The van der Waals surface area contributed by atoms with E-state index in [1.165, 1.54) is 0 Å². The summed E-state index contributed by atoms with van der Waals surface area (Å²) in [6, 6.07) is 0.691. The Balaban J connectivity index is 2.13. The number of nitrogens with one attached hydrogen (secondary N) is 1. The van der Waals surface area contributed by atoms with Gasteiger partial charge >= 0.3 is 0 Å². The summed E-state index contributed by atoms with van der Waals surface area (Å²) in [5.74, 6) is 0.596. The number of thioether (sulfide) groups is 1. The van der Waals surface area contributed by atoms with Crippen molar-refractivity contribution in [2.75, 3.05) is 12.3 Å². The standard InChI is InChI=1S/C16H22F4N6OS/c1-4-25-12(7-26-11(15(19)20)5-10(24-26)14(17)18)22-23-16(25)28-8-13(27)21-6-9(2)3/h5,9,14-15H,4,6-8H2,1-3H3,(H,21,27). The second-order valence-electron chi connectivity index (χ2n) is 6.38. The highest BCUT2D eigenvalue weighted by Gasteiger charge is 2.23. The quantitative estimate of drug-likeness (QED) is 0.470. The molecule has 2 heterocycles. The summed E-state index contributed by atoms with van der Waals surface area (Å²) in [6.07, 6.45) is -5.89. The number of hydrogen-bond acceptors (Lipinski definition) is 5. The average molecular weight is 422 g/mol. The van der Waals surface area contributed by atoms with E-state index in [4.69, 9.17) is 0 Å². The lowest BCUT2D eigenvalue weighted by atomic mass is 10.2. The van der Waals surface area contributed by atoms with E-state index in [2.05, 4.69) is 20.6 Å². The summed E-state index contributed by atoms with van der Waals surface area (Å²) in [5, 5.41) is 14.7. The fourth-order valence-electron chi connectivity index (χ4n) is 2.35. The molecule has 0 aromatic carbocycles. The molecule has 28 heavy (non-hydrogen) atoms. The summed E-state index contributed by atoms with van der Waals surface area (Å²) < 4.78 is 54.3. The topological polar surface area (TPSA) is 77.6 Å². The Hall–Kier alpha value is -2.11. The molecular weight excluding hydrogens is 400 g/mol. The van der Waals surface area contributed by atoms with Crippen LogP contribution < -0.4 is 5.32 Å². The van der Waals surface area contributed by atoms with Crippen LogP contribution in [0.15, 0.2) is 11.2 Å². The summed E-state index contributed by atoms with van der Waals surface area (Å²) >= 11 is 1.16. The van der Waals surface area contributed by atoms with Gasteiger partial charge in [0.2, 0.25) is 5.91 Å². The minimum Gasteiger partial charge on any atom is -0.355 e. The third kappa shape index (κ3) is 5.69. The second kappa shape index (κ2) is 9.89. The van der Waals surface area contributed by atoms with Crippen LogP contribution in [0.4, 0.5) is 17.6 Å². The van der Waals surface area contributed by atoms with Gasteiger partial charge in [-0.1, -0.05) is 25.6 Å². The molecule has 1 amide bonds. The van der Waals surface area contributed by atoms with Gasteiger partial charge in [0.25, 0.3) is 12.9 Å². The monoisotopic (exact) mass is 422 g/mol. The summed E-state index contributed by atoms with van der Waals surface area (Å²) in [7, 11) is 0. The normalized spacial score (nSPS) is 11.8. The van der Waals surface area contributed by atoms with Gasteiger partial charge in [0.1, 0.15) is 17.9 Å². The largest absolute Gasteiger partial charge is 0.355 e. The van der Waals surface area contributed by atoms with Gasteiger partial charge in [-0.2, -0.15) is 5.10 Å². The third-order valence-corrected chi connectivity index (χ3v) is 4.68. The van der Waals surface area contributed by atoms with Crippen LogP contribution in [0.1, 0.15) is 50.8 Å². The van der Waals surface area contributed by atoms with Gasteiger partial charge in [-0.25, -0.2) is 17.6 Å². The number of halogens is 4. The molecule has 0 saturated heterocycles. The zero-order chi connectivity index (χ0) is 20.8. The number of nitrogens with zero attached hydrogens (tertiary/aromatic N) is 5. The molecule has 0 fully saturated rings. The van der Waals surface area contributed by atoms with E-state index in [0.29, 0.717) is 36.1 Å². The number of amides is 1. The lowest BCUT2D eigenvalue weighted by Crippen LogP contribution is -2.28. The Morgan fingerprint density at radius 1 is 1.21 bits per heavy atom. The van der Waals surface area contributed by atoms with Gasteiger partial charge in [0.05, 0.1) is 5.75 Å². The van der Waals surface area contributed by atoms with Gasteiger partial charge in [0.15, 0.2) is 11.0 Å². The van der Waals surface area contributed by atoms with Crippen molar-refractivity contribution in [3.63, 3.8) is 0 Å². The fourth-order valence-corrected chi connectivity index (χ4v) is 3.21. The van der Waals surface area contributed by atoms with Crippen molar-refractivity contribution >= 4 is 17.7 Å². The first-order valence-electron chi connectivity index (χ1n) is 8.68. The van der Waals surface area contributed by atoms with E-state index < -0.39 is 24.2 Å². The molecule has 2 aromatic heterocycles. The van der Waals surface area contributed by atoms with Gasteiger partial charge in [-0.15, -0.1) is 10.2 Å². The number of carbonyl (C=O) groups excluding carboxylic acids is 1. The maximum atomic E-state index is 13.1. The van der Waals surface area contributed by atoms with Crippen LogP contribution in [0.2, 0.25) is 0 Å². The average Bonchev–Trinajstić information content (AvgIpc) is 3.22. The maximum Gasteiger partial charge on any atom is 0.282 e. The maximum absolute atomic E-state index is 13.1. The Morgan fingerprint density at radius 3 is 2.50 bits per heavy atom. The molecule has 156 valence electrons. The van der Waals surface area contributed by atoms with Crippen LogP contribution in [-0.4, -0.2) is 42.7 Å². The Bertz CT molecular complexity index is 792. The molecule has 0 unspecified atom stereocenters. The Morgan fingerprint density at radius 2 is 1.93 bits per heavy atom. The first-order chi connectivity index (χ1) is 13.2. The van der Waals surface area contributed by atoms with Crippen molar-refractivity contribution in [1.29, 1.82) is 0 Å². The van der Waals surface area contributed by atoms with Crippen molar-refractivity contribution in [3.05, 3.63) is 23.3 Å². The van der Waals surface area contributed by atoms with Gasteiger partial charge in [-0.3, -0.25) is 9.48 Å². The molecule has 2 aromatic rings. The summed E-state index contributed by atoms with van der Waals surface area (Å²) in [5.41, 5.74) is -1.32. The fraction of sp³-hybridized carbons (Fsp3) is 0.625. The van der Waals surface area contributed by atoms with Crippen LogP contribution in [0.5, 0.6) is 0 Å². The van der Waals surface area contributed by atoms with E-state index in [1.54, 1.807) is 11.5 Å². The molecule has 0 aliphatic heterocycles. The molecule has 0 aliphatic carbocycles. The molecule has 2 rings (SSSR count). The van der Waals surface area contributed by atoms with Crippen LogP contribution in [0, 0.1) is 5.92 Å². The van der Waals surface area contributed by atoms with E-state index in [9.17, 15) is 22.4 Å². The van der Waals surface area contributed by atoms with E-state index in [0.717, 1.165) is 16.4 Å². The summed E-state index contributed by atoms with van der Waals surface area (Å²) in [6.45, 7) is 6.52. The predicted octanol–water partition coefficient (Wildman–Crippen LogP) is 3.28. The van der Waals surface area contributed by atoms with Crippen LogP contribution in [0.25, 0.3) is 0 Å².